The van der Waals surface area contributed by atoms with Gasteiger partial charge in [-0.25, -0.2) is 9.97 Å². The topological polar surface area (TPSA) is 91.3 Å². The Kier molecular flexibility index (Phi) is 6.16. The molecule has 0 amide bonds. The number of rotatable bonds is 7. The zero-order valence-electron chi connectivity index (χ0n) is 17.8. The van der Waals surface area contributed by atoms with Gasteiger partial charge in [-0.15, -0.1) is 0 Å². The number of pyridine rings is 1. The third-order valence-electron chi connectivity index (χ3n) is 5.80. The second-order valence-corrected chi connectivity index (χ2v) is 9.22. The summed E-state index contributed by atoms with van der Waals surface area (Å²) < 4.78 is 5.70. The molecule has 1 aromatic carbocycles. The Balaban J connectivity index is 1.31. The molecule has 2 aromatic heterocycles. The number of nitrogens with one attached hydrogen (secondary N) is 1. The van der Waals surface area contributed by atoms with Gasteiger partial charge in [0.2, 0.25) is 0 Å². The van der Waals surface area contributed by atoms with Crippen LogP contribution in [0.4, 0.5) is 5.82 Å². The summed E-state index contributed by atoms with van der Waals surface area (Å²) in [5.74, 6) is 1.34. The largest absolute Gasteiger partial charge is 0.481 e. The zero-order chi connectivity index (χ0) is 22.0. The number of carboxylic acids is 1. The van der Waals surface area contributed by atoms with E-state index in [2.05, 4.69) is 19.9 Å². The maximum Gasteiger partial charge on any atom is 0.311 e. The Labute approximate surface area is 186 Å². The molecule has 0 spiro atoms. The fraction of sp³-hybridized carbons (Fsp3) is 0.435. The number of aliphatic carboxylic acids is 1. The van der Waals surface area contributed by atoms with E-state index in [-0.39, 0.29) is 6.61 Å². The first kappa shape index (κ1) is 21.6. The highest BCUT2D eigenvalue weighted by molar-refractivity contribution is 6.31. The van der Waals surface area contributed by atoms with E-state index in [0.29, 0.717) is 17.5 Å². The number of aromatic nitrogens is 3. The average Bonchev–Trinajstić information content (AvgIpc) is 3.17. The number of carbonyl (C=O) groups is 1. The number of hydrogen-bond donors (Lipinski definition) is 2. The molecule has 0 aliphatic carbocycles. The average molecular weight is 443 g/mol. The number of H-pyrrole nitrogens is 1. The summed E-state index contributed by atoms with van der Waals surface area (Å²) in [6.07, 6.45) is 3.85. The smallest absolute Gasteiger partial charge is 0.311 e. The minimum atomic E-state index is -0.849. The summed E-state index contributed by atoms with van der Waals surface area (Å²) in [6, 6.07) is 9.66. The summed E-state index contributed by atoms with van der Waals surface area (Å²) in [5.41, 5.74) is 1.86. The highest BCUT2D eigenvalue weighted by Gasteiger charge is 2.28. The molecule has 7 nitrogen and oxygen atoms in total. The molecule has 0 saturated carbocycles. The minimum Gasteiger partial charge on any atom is -0.481 e. The number of carboxylic acid groups (broad SMARTS) is 1. The molecular weight excluding hydrogens is 416 g/mol. The Morgan fingerprint density at radius 2 is 2.06 bits per heavy atom. The first-order chi connectivity index (χ1) is 14.8. The van der Waals surface area contributed by atoms with E-state index in [9.17, 15) is 9.90 Å². The monoisotopic (exact) mass is 442 g/mol. The van der Waals surface area contributed by atoms with E-state index in [1.807, 2.05) is 36.5 Å². The van der Waals surface area contributed by atoms with Crippen LogP contribution < -0.4 is 4.90 Å². The molecule has 1 fully saturated rings. The molecule has 8 heteroatoms. The van der Waals surface area contributed by atoms with Gasteiger partial charge in [-0.2, -0.15) is 0 Å². The van der Waals surface area contributed by atoms with Crippen molar-refractivity contribution in [2.75, 3.05) is 31.2 Å². The van der Waals surface area contributed by atoms with Gasteiger partial charge in [-0.3, -0.25) is 4.79 Å². The molecule has 3 heterocycles. The van der Waals surface area contributed by atoms with Gasteiger partial charge in [0, 0.05) is 36.5 Å². The molecule has 1 aliphatic heterocycles. The Morgan fingerprint density at radius 1 is 1.29 bits per heavy atom. The van der Waals surface area contributed by atoms with Crippen molar-refractivity contribution in [3.05, 3.63) is 41.6 Å². The number of nitrogens with zero attached hydrogens (tertiary/aromatic N) is 3. The number of ether oxygens (including phenoxy) is 1. The first-order valence-electron chi connectivity index (χ1n) is 10.5. The van der Waals surface area contributed by atoms with Crippen molar-refractivity contribution < 1.29 is 14.6 Å². The molecular formula is C23H27ClN4O3. The van der Waals surface area contributed by atoms with E-state index in [1.165, 1.54) is 0 Å². The van der Waals surface area contributed by atoms with Crippen molar-refractivity contribution in [2.45, 2.75) is 26.7 Å². The van der Waals surface area contributed by atoms with Crippen molar-refractivity contribution >= 4 is 34.4 Å². The summed E-state index contributed by atoms with van der Waals surface area (Å²) in [7, 11) is 0. The molecule has 164 valence electrons. The van der Waals surface area contributed by atoms with Crippen LogP contribution in [0.3, 0.4) is 0 Å². The lowest BCUT2D eigenvalue weighted by Gasteiger charge is -2.33. The first-order valence-corrected chi connectivity index (χ1v) is 10.9. The Hall–Kier alpha value is -2.64. The third kappa shape index (κ3) is 4.99. The number of fused-ring (bicyclic) bond motifs is 1. The number of anilines is 1. The van der Waals surface area contributed by atoms with Gasteiger partial charge < -0.3 is 19.7 Å². The number of imidazole rings is 1. The minimum absolute atomic E-state index is 0.236. The maximum atomic E-state index is 11.2. The van der Waals surface area contributed by atoms with Crippen LogP contribution in [0.25, 0.3) is 22.4 Å². The molecule has 3 aromatic rings. The molecule has 0 unspecified atom stereocenters. The van der Waals surface area contributed by atoms with Crippen LogP contribution in [-0.4, -0.2) is 52.3 Å². The highest BCUT2D eigenvalue weighted by atomic mass is 35.5. The van der Waals surface area contributed by atoms with Crippen molar-refractivity contribution in [1.29, 1.82) is 0 Å². The van der Waals surface area contributed by atoms with Crippen LogP contribution in [0.2, 0.25) is 5.02 Å². The molecule has 0 bridgehead atoms. The second-order valence-electron chi connectivity index (χ2n) is 8.79. The van der Waals surface area contributed by atoms with Crippen molar-refractivity contribution in [3.8, 4) is 11.4 Å². The van der Waals surface area contributed by atoms with Gasteiger partial charge >= 0.3 is 5.97 Å². The van der Waals surface area contributed by atoms with E-state index in [4.69, 9.17) is 16.3 Å². The lowest BCUT2D eigenvalue weighted by atomic mass is 9.94. The van der Waals surface area contributed by atoms with Crippen molar-refractivity contribution in [1.82, 2.24) is 15.0 Å². The maximum absolute atomic E-state index is 11.2. The van der Waals surface area contributed by atoms with Crippen LogP contribution in [0.15, 0.2) is 36.5 Å². The molecule has 1 saturated heterocycles. The fourth-order valence-electron chi connectivity index (χ4n) is 3.70. The third-order valence-corrected chi connectivity index (χ3v) is 6.03. The molecule has 0 radical (unpaired) electrons. The summed E-state index contributed by atoms with van der Waals surface area (Å²) in [5, 5.41) is 9.85. The van der Waals surface area contributed by atoms with Gasteiger partial charge in [0.05, 0.1) is 23.1 Å². The van der Waals surface area contributed by atoms with Gasteiger partial charge in [-0.05, 0) is 62.9 Å². The predicted octanol–water partition coefficient (Wildman–Crippen LogP) is 4.62. The molecule has 1 aliphatic rings. The number of piperidine rings is 1. The number of hydrogen-bond acceptors (Lipinski definition) is 5. The van der Waals surface area contributed by atoms with Crippen LogP contribution >= 0.6 is 11.6 Å². The summed E-state index contributed by atoms with van der Waals surface area (Å²) in [6.45, 7) is 6.03. The van der Waals surface area contributed by atoms with Crippen molar-refractivity contribution in [2.24, 2.45) is 11.3 Å². The van der Waals surface area contributed by atoms with Crippen LogP contribution in [-0.2, 0) is 9.53 Å². The molecule has 0 atom stereocenters. The van der Waals surface area contributed by atoms with Crippen LogP contribution in [0.5, 0.6) is 0 Å². The zero-order valence-corrected chi connectivity index (χ0v) is 18.5. The Bertz CT molecular complexity index is 1060. The van der Waals surface area contributed by atoms with Gasteiger partial charge in [0.25, 0.3) is 0 Å². The summed E-state index contributed by atoms with van der Waals surface area (Å²) in [4.78, 5) is 26.0. The van der Waals surface area contributed by atoms with E-state index >= 15 is 0 Å². The SMILES string of the molecule is CC(C)(COCC1CCN(c2ccc(-c3nc4ccc(Cl)cc4[nH]3)cn2)CC1)C(=O)O. The van der Waals surface area contributed by atoms with E-state index < -0.39 is 11.4 Å². The standard InChI is InChI=1S/C23H27ClN4O3/c1-23(2,22(29)30)14-31-13-15-7-9-28(10-8-15)20-6-3-16(12-25-20)21-26-18-5-4-17(24)11-19(18)27-21/h3-6,11-12,15H,7-10,13-14H2,1-2H3,(H,26,27)(H,29,30). The van der Waals surface area contributed by atoms with Gasteiger partial charge in [0.1, 0.15) is 11.6 Å². The summed E-state index contributed by atoms with van der Waals surface area (Å²) >= 11 is 6.05. The van der Waals surface area contributed by atoms with Gasteiger partial charge in [-0.1, -0.05) is 11.6 Å². The molecule has 4 rings (SSSR count). The lowest BCUT2D eigenvalue weighted by Crippen LogP contribution is -2.36. The van der Waals surface area contributed by atoms with E-state index in [1.54, 1.807) is 13.8 Å². The highest BCUT2D eigenvalue weighted by Crippen LogP contribution is 2.26. The predicted molar refractivity (Wildman–Crippen MR) is 122 cm³/mol. The molecule has 2 N–H and O–H groups in total. The number of halogens is 1. The quantitative estimate of drug-likeness (QED) is 0.554. The van der Waals surface area contributed by atoms with E-state index in [0.717, 1.165) is 54.2 Å². The number of aromatic amines is 1. The normalized spacial score (nSPS) is 15.5. The van der Waals surface area contributed by atoms with Crippen LogP contribution in [0, 0.1) is 11.3 Å². The fourth-order valence-corrected chi connectivity index (χ4v) is 3.88. The molecule has 31 heavy (non-hydrogen) atoms. The number of benzene rings is 1. The van der Waals surface area contributed by atoms with Crippen LogP contribution in [0.1, 0.15) is 26.7 Å². The Morgan fingerprint density at radius 3 is 2.74 bits per heavy atom. The van der Waals surface area contributed by atoms with Gasteiger partial charge in [0.15, 0.2) is 0 Å². The second kappa shape index (κ2) is 8.85. The van der Waals surface area contributed by atoms with Crippen molar-refractivity contribution in [3.63, 3.8) is 0 Å². The lowest BCUT2D eigenvalue weighted by molar-refractivity contribution is -0.150.